The van der Waals surface area contributed by atoms with Gasteiger partial charge in [-0.1, -0.05) is 36.8 Å². The van der Waals surface area contributed by atoms with E-state index < -0.39 is 32.5 Å². The minimum absolute atomic E-state index is 0.0287. The molecule has 0 radical (unpaired) electrons. The van der Waals surface area contributed by atoms with E-state index >= 15 is 0 Å². The van der Waals surface area contributed by atoms with Crippen LogP contribution in [0.3, 0.4) is 0 Å². The third-order valence-electron chi connectivity index (χ3n) is 6.06. The molecule has 0 aromatic heterocycles. The van der Waals surface area contributed by atoms with Crippen molar-refractivity contribution in [1.82, 2.24) is 4.31 Å². The number of anilines is 2. The summed E-state index contributed by atoms with van der Waals surface area (Å²) in [6.45, 7) is 0.469. The van der Waals surface area contributed by atoms with Gasteiger partial charge in [0.1, 0.15) is 12.3 Å². The number of methoxy groups -OCH3 is 1. The van der Waals surface area contributed by atoms with Crippen LogP contribution in [0.5, 0.6) is 5.75 Å². The van der Waals surface area contributed by atoms with E-state index in [9.17, 15) is 21.6 Å². The van der Waals surface area contributed by atoms with Crippen molar-refractivity contribution in [2.45, 2.75) is 29.1 Å². The van der Waals surface area contributed by atoms with E-state index in [4.69, 9.17) is 4.74 Å². The van der Waals surface area contributed by atoms with Crippen molar-refractivity contribution >= 4 is 37.3 Å². The molecule has 0 spiro atoms. The van der Waals surface area contributed by atoms with Crippen molar-refractivity contribution in [3.63, 3.8) is 0 Å². The average Bonchev–Trinajstić information content (AvgIpc) is 2.93. The molecule has 9 nitrogen and oxygen atoms in total. The van der Waals surface area contributed by atoms with E-state index in [1.165, 1.54) is 47.8 Å². The Labute approximate surface area is 217 Å². The van der Waals surface area contributed by atoms with Crippen LogP contribution >= 0.6 is 0 Å². The summed E-state index contributed by atoms with van der Waals surface area (Å²) in [7, 11) is -6.28. The van der Waals surface area contributed by atoms with Crippen LogP contribution in [0.4, 0.5) is 11.4 Å². The Morgan fingerprint density at radius 2 is 1.46 bits per heavy atom. The molecule has 1 aliphatic heterocycles. The highest BCUT2D eigenvalue weighted by Crippen LogP contribution is 2.32. The van der Waals surface area contributed by atoms with Gasteiger partial charge in [-0.25, -0.2) is 16.8 Å². The van der Waals surface area contributed by atoms with Gasteiger partial charge in [0.15, 0.2) is 0 Å². The van der Waals surface area contributed by atoms with Crippen LogP contribution in [0, 0.1) is 0 Å². The second-order valence-corrected chi connectivity index (χ2v) is 12.3. The quantitative estimate of drug-likeness (QED) is 0.440. The summed E-state index contributed by atoms with van der Waals surface area (Å²) in [6, 6.07) is 20.2. The number of benzene rings is 3. The maximum Gasteiger partial charge on any atom is 0.264 e. The molecule has 0 atom stereocenters. The van der Waals surface area contributed by atoms with Crippen molar-refractivity contribution in [1.29, 1.82) is 0 Å². The Kier molecular flexibility index (Phi) is 8.16. The number of carbonyl (C=O) groups is 1. The molecule has 4 rings (SSSR count). The van der Waals surface area contributed by atoms with Gasteiger partial charge in [0.2, 0.25) is 15.9 Å². The molecular weight excluding hydrogens is 514 g/mol. The Balaban J connectivity index is 1.56. The molecule has 0 bridgehead atoms. The van der Waals surface area contributed by atoms with E-state index in [0.29, 0.717) is 24.5 Å². The monoisotopic (exact) mass is 543 g/mol. The Morgan fingerprint density at radius 3 is 2.11 bits per heavy atom. The van der Waals surface area contributed by atoms with Crippen LogP contribution in [0.15, 0.2) is 88.7 Å². The number of piperidine rings is 1. The van der Waals surface area contributed by atoms with Crippen molar-refractivity contribution in [2.75, 3.05) is 36.4 Å². The van der Waals surface area contributed by atoms with E-state index in [0.717, 1.165) is 23.6 Å². The number of para-hydroxylation sites is 2. The third-order valence-corrected chi connectivity index (χ3v) is 9.75. The predicted molar refractivity (Wildman–Crippen MR) is 142 cm³/mol. The van der Waals surface area contributed by atoms with Crippen LogP contribution in [0.1, 0.15) is 19.3 Å². The standard InChI is InChI=1S/C26H29N3O6S2/c1-35-25-13-7-6-12-24(25)29(37(33,34)22-10-4-2-5-11-22)20-26(30)27-21-14-16-23(17-15-21)36(31,32)28-18-8-3-9-19-28/h2,4-7,10-17H,3,8-9,18-20H2,1H3,(H,27,30). The number of nitrogens with zero attached hydrogens (tertiary/aromatic N) is 2. The number of hydrogen-bond donors (Lipinski definition) is 1. The number of nitrogens with one attached hydrogen (secondary N) is 1. The van der Waals surface area contributed by atoms with Crippen LogP contribution < -0.4 is 14.4 Å². The lowest BCUT2D eigenvalue weighted by molar-refractivity contribution is -0.114. The molecule has 3 aromatic carbocycles. The van der Waals surface area contributed by atoms with Crippen molar-refractivity contribution in [3.05, 3.63) is 78.9 Å². The van der Waals surface area contributed by atoms with E-state index in [1.54, 1.807) is 42.5 Å². The van der Waals surface area contributed by atoms with Gasteiger partial charge >= 0.3 is 0 Å². The second-order valence-electron chi connectivity index (χ2n) is 8.53. The van der Waals surface area contributed by atoms with E-state index in [2.05, 4.69) is 5.32 Å². The number of hydrogen-bond acceptors (Lipinski definition) is 6. The normalized spacial score (nSPS) is 14.6. The first kappa shape index (κ1) is 26.6. The topological polar surface area (TPSA) is 113 Å². The highest BCUT2D eigenvalue weighted by Gasteiger charge is 2.30. The molecule has 1 fully saturated rings. The fourth-order valence-electron chi connectivity index (χ4n) is 4.15. The molecule has 1 saturated heterocycles. The highest BCUT2D eigenvalue weighted by molar-refractivity contribution is 7.93. The first-order chi connectivity index (χ1) is 17.7. The summed E-state index contributed by atoms with van der Waals surface area (Å²) in [5.41, 5.74) is 0.562. The van der Waals surface area contributed by atoms with Crippen LogP contribution in [-0.4, -0.2) is 53.8 Å². The van der Waals surface area contributed by atoms with Gasteiger partial charge in [0, 0.05) is 18.8 Å². The van der Waals surface area contributed by atoms with Gasteiger partial charge in [-0.15, -0.1) is 0 Å². The molecule has 0 aliphatic carbocycles. The fourth-order valence-corrected chi connectivity index (χ4v) is 7.12. The lowest BCUT2D eigenvalue weighted by Crippen LogP contribution is -2.38. The van der Waals surface area contributed by atoms with Gasteiger partial charge in [-0.2, -0.15) is 4.31 Å². The zero-order chi connectivity index (χ0) is 26.5. The molecule has 11 heteroatoms. The van der Waals surface area contributed by atoms with E-state index in [1.807, 2.05) is 0 Å². The van der Waals surface area contributed by atoms with Crippen LogP contribution in [-0.2, 0) is 24.8 Å². The SMILES string of the molecule is COc1ccccc1N(CC(=O)Nc1ccc(S(=O)(=O)N2CCCCC2)cc1)S(=O)(=O)c1ccccc1. The molecular formula is C26H29N3O6S2. The summed E-state index contributed by atoms with van der Waals surface area (Å²) in [4.78, 5) is 13.2. The maximum absolute atomic E-state index is 13.5. The van der Waals surface area contributed by atoms with Crippen molar-refractivity contribution < 1.29 is 26.4 Å². The second kappa shape index (κ2) is 11.3. The summed E-state index contributed by atoms with van der Waals surface area (Å²) in [6.07, 6.45) is 2.69. The zero-order valence-electron chi connectivity index (χ0n) is 20.4. The first-order valence-electron chi connectivity index (χ1n) is 11.8. The number of amides is 1. The minimum Gasteiger partial charge on any atom is -0.495 e. The molecule has 1 aliphatic rings. The summed E-state index contributed by atoms with van der Waals surface area (Å²) in [5, 5.41) is 2.67. The summed E-state index contributed by atoms with van der Waals surface area (Å²) < 4.78 is 60.6. The lowest BCUT2D eigenvalue weighted by Gasteiger charge is -2.26. The Bertz CT molecular complexity index is 1440. The average molecular weight is 544 g/mol. The molecule has 1 N–H and O–H groups in total. The largest absolute Gasteiger partial charge is 0.495 e. The fraction of sp³-hybridized carbons (Fsp3) is 0.269. The molecule has 0 saturated carbocycles. The van der Waals surface area contributed by atoms with Crippen LogP contribution in [0.25, 0.3) is 0 Å². The van der Waals surface area contributed by atoms with Crippen molar-refractivity contribution in [3.8, 4) is 5.75 Å². The Morgan fingerprint density at radius 1 is 0.838 bits per heavy atom. The summed E-state index contributed by atoms with van der Waals surface area (Å²) >= 11 is 0. The molecule has 196 valence electrons. The number of rotatable bonds is 9. The predicted octanol–water partition coefficient (Wildman–Crippen LogP) is 3.70. The summed E-state index contributed by atoms with van der Waals surface area (Å²) in [5.74, 6) is -0.306. The molecule has 1 heterocycles. The minimum atomic E-state index is -4.10. The van der Waals surface area contributed by atoms with Gasteiger partial charge < -0.3 is 10.1 Å². The van der Waals surface area contributed by atoms with Gasteiger partial charge in [-0.3, -0.25) is 9.10 Å². The number of ether oxygens (including phenoxy) is 1. The number of carbonyl (C=O) groups excluding carboxylic acids is 1. The van der Waals surface area contributed by atoms with Crippen LogP contribution in [0.2, 0.25) is 0 Å². The van der Waals surface area contributed by atoms with Gasteiger partial charge in [-0.05, 0) is 61.4 Å². The molecule has 3 aromatic rings. The highest BCUT2D eigenvalue weighted by atomic mass is 32.2. The molecule has 1 amide bonds. The number of sulfonamides is 2. The van der Waals surface area contributed by atoms with Gasteiger partial charge in [0.05, 0.1) is 22.6 Å². The third kappa shape index (κ3) is 5.95. The van der Waals surface area contributed by atoms with Crippen molar-refractivity contribution in [2.24, 2.45) is 0 Å². The lowest BCUT2D eigenvalue weighted by atomic mass is 10.2. The maximum atomic E-state index is 13.5. The van der Waals surface area contributed by atoms with Gasteiger partial charge in [0.25, 0.3) is 10.0 Å². The first-order valence-corrected chi connectivity index (χ1v) is 14.7. The molecule has 37 heavy (non-hydrogen) atoms. The van der Waals surface area contributed by atoms with E-state index in [-0.39, 0.29) is 15.5 Å². The zero-order valence-corrected chi connectivity index (χ0v) is 22.0. The Hall–Kier alpha value is -3.41. The smallest absolute Gasteiger partial charge is 0.264 e. The molecule has 0 unspecified atom stereocenters.